The van der Waals surface area contributed by atoms with Gasteiger partial charge in [0.15, 0.2) is 0 Å². The third kappa shape index (κ3) is 8.30. The second-order valence-electron chi connectivity index (χ2n) is 8.39. The molecule has 0 fully saturated rings. The van der Waals surface area contributed by atoms with E-state index in [1.54, 1.807) is 14.0 Å². The van der Waals surface area contributed by atoms with Gasteiger partial charge in [-0.3, -0.25) is 10.1 Å². The fraction of sp³-hybridized carbons (Fsp3) is 0.458. The minimum absolute atomic E-state index is 0.0341. The Morgan fingerprint density at radius 2 is 1.71 bits per heavy atom. The number of rotatable bonds is 13. The number of carbonyl (C=O) groups excluding carboxylic acids is 1. The summed E-state index contributed by atoms with van der Waals surface area (Å²) in [4.78, 5) is 22.6. The van der Waals surface area contributed by atoms with Crippen LogP contribution in [0.5, 0.6) is 0 Å². The molecule has 2 aromatic rings. The highest BCUT2D eigenvalue weighted by molar-refractivity contribution is 7.89. The van der Waals surface area contributed by atoms with Crippen molar-refractivity contribution in [2.75, 3.05) is 26.7 Å². The summed E-state index contributed by atoms with van der Waals surface area (Å²) in [6.45, 7) is 5.54. The average molecular weight is 508 g/mol. The molecule has 0 spiro atoms. The number of hydrogen-bond donors (Lipinski definition) is 1. The van der Waals surface area contributed by atoms with Crippen LogP contribution in [0, 0.1) is 16.0 Å². The number of likely N-dealkylation sites (N-methyl/N-ethyl adjacent to an activating group) is 1. The molecule has 0 heterocycles. The molecule has 0 aromatic heterocycles. The first-order valence-electron chi connectivity index (χ1n) is 11.4. The molecule has 0 aliphatic rings. The van der Waals surface area contributed by atoms with Crippen molar-refractivity contribution >= 4 is 21.9 Å². The van der Waals surface area contributed by atoms with Crippen molar-refractivity contribution in [3.05, 3.63) is 70.3 Å². The van der Waals surface area contributed by atoms with E-state index in [0.29, 0.717) is 6.42 Å². The predicted molar refractivity (Wildman–Crippen MR) is 132 cm³/mol. The second kappa shape index (κ2) is 13.2. The molecular weight excluding hydrogens is 474 g/mol. The smallest absolute Gasteiger partial charge is 0.435 e. The SMILES string of the molecule is CCOC(=O)OC(CN(CC(C)C)S(=O)(=O)c1ccc([N+](=O)[O-])cc1)C(Cc1ccccc1)NC. The normalized spacial score (nSPS) is 13.4. The molecule has 2 atom stereocenters. The van der Waals surface area contributed by atoms with E-state index in [1.807, 2.05) is 44.2 Å². The van der Waals surface area contributed by atoms with E-state index in [4.69, 9.17) is 9.47 Å². The van der Waals surface area contributed by atoms with Crippen molar-refractivity contribution in [3.63, 3.8) is 0 Å². The molecule has 11 heteroatoms. The highest BCUT2D eigenvalue weighted by atomic mass is 32.2. The first-order chi connectivity index (χ1) is 16.6. The number of nitrogens with one attached hydrogen (secondary N) is 1. The third-order valence-electron chi connectivity index (χ3n) is 5.27. The zero-order valence-electron chi connectivity index (χ0n) is 20.4. The van der Waals surface area contributed by atoms with Gasteiger partial charge in [-0.2, -0.15) is 4.31 Å². The summed E-state index contributed by atoms with van der Waals surface area (Å²) in [6, 6.07) is 13.9. The third-order valence-corrected chi connectivity index (χ3v) is 7.11. The largest absolute Gasteiger partial charge is 0.508 e. The molecule has 0 bridgehead atoms. The van der Waals surface area contributed by atoms with Crippen LogP contribution in [0.25, 0.3) is 0 Å². The standard InChI is InChI=1S/C24H33N3O7S/c1-5-33-24(28)34-23(22(25-4)15-19-9-7-6-8-10-19)17-26(16-18(2)3)35(31,32)21-13-11-20(12-14-21)27(29)30/h6-14,18,22-23,25H,5,15-17H2,1-4H3. The molecule has 192 valence electrons. The molecule has 0 saturated heterocycles. The molecule has 2 rings (SSSR count). The molecule has 2 aromatic carbocycles. The van der Waals surface area contributed by atoms with Crippen molar-refractivity contribution in [2.24, 2.45) is 5.92 Å². The van der Waals surface area contributed by atoms with Gasteiger partial charge in [0.1, 0.15) is 6.10 Å². The Hall–Kier alpha value is -3.02. The number of benzene rings is 2. The van der Waals surface area contributed by atoms with Crippen molar-refractivity contribution in [1.82, 2.24) is 9.62 Å². The average Bonchev–Trinajstić information content (AvgIpc) is 2.82. The van der Waals surface area contributed by atoms with Crippen molar-refractivity contribution in [3.8, 4) is 0 Å². The predicted octanol–water partition coefficient (Wildman–Crippen LogP) is 3.61. The van der Waals surface area contributed by atoms with Gasteiger partial charge in [-0.25, -0.2) is 13.2 Å². The van der Waals surface area contributed by atoms with E-state index >= 15 is 0 Å². The van der Waals surface area contributed by atoms with E-state index in [1.165, 1.54) is 16.4 Å². The Labute approximate surface area is 206 Å². The van der Waals surface area contributed by atoms with Gasteiger partial charge in [0.25, 0.3) is 5.69 Å². The Morgan fingerprint density at radius 3 is 2.23 bits per heavy atom. The monoisotopic (exact) mass is 507 g/mol. The topological polar surface area (TPSA) is 128 Å². The van der Waals surface area contributed by atoms with Crippen molar-refractivity contribution < 1.29 is 27.6 Å². The van der Waals surface area contributed by atoms with E-state index in [-0.39, 0.29) is 36.2 Å². The summed E-state index contributed by atoms with van der Waals surface area (Å²) in [7, 11) is -2.33. The van der Waals surface area contributed by atoms with E-state index < -0.39 is 33.2 Å². The van der Waals surface area contributed by atoms with Gasteiger partial charge in [0.2, 0.25) is 10.0 Å². The van der Waals surface area contributed by atoms with Gasteiger partial charge >= 0.3 is 6.16 Å². The fourth-order valence-corrected chi connectivity index (χ4v) is 5.19. The minimum atomic E-state index is -4.05. The number of nitrogens with zero attached hydrogens (tertiary/aromatic N) is 2. The van der Waals surface area contributed by atoms with Gasteiger partial charge in [-0.05, 0) is 44.0 Å². The summed E-state index contributed by atoms with van der Waals surface area (Å²) in [5, 5.41) is 14.1. The highest BCUT2D eigenvalue weighted by Crippen LogP contribution is 2.22. The van der Waals surface area contributed by atoms with Crippen LogP contribution >= 0.6 is 0 Å². The molecular formula is C24H33N3O7S. The second-order valence-corrected chi connectivity index (χ2v) is 10.3. The molecule has 0 aliphatic carbocycles. The minimum Gasteiger partial charge on any atom is -0.435 e. The van der Waals surface area contributed by atoms with Crippen LogP contribution < -0.4 is 5.32 Å². The maximum absolute atomic E-state index is 13.5. The fourth-order valence-electron chi connectivity index (χ4n) is 3.58. The molecule has 0 radical (unpaired) electrons. The van der Waals surface area contributed by atoms with Gasteiger partial charge in [-0.1, -0.05) is 44.2 Å². The molecule has 2 unspecified atom stereocenters. The van der Waals surface area contributed by atoms with Crippen LogP contribution in [0.1, 0.15) is 26.3 Å². The van der Waals surface area contributed by atoms with E-state index in [0.717, 1.165) is 17.7 Å². The van der Waals surface area contributed by atoms with Crippen LogP contribution in [0.15, 0.2) is 59.5 Å². The zero-order chi connectivity index (χ0) is 26.0. The summed E-state index contributed by atoms with van der Waals surface area (Å²) in [6.07, 6.45) is -1.28. The maximum Gasteiger partial charge on any atom is 0.508 e. The number of non-ortho nitro benzene ring substituents is 1. The van der Waals surface area contributed by atoms with Crippen LogP contribution in [0.2, 0.25) is 0 Å². The van der Waals surface area contributed by atoms with Crippen LogP contribution in [-0.4, -0.2) is 62.7 Å². The van der Waals surface area contributed by atoms with E-state index in [2.05, 4.69) is 5.32 Å². The summed E-state index contributed by atoms with van der Waals surface area (Å²) in [5.41, 5.74) is 0.777. The van der Waals surface area contributed by atoms with Gasteiger partial charge in [0, 0.05) is 24.7 Å². The first-order valence-corrected chi connectivity index (χ1v) is 12.8. The Morgan fingerprint density at radius 1 is 1.09 bits per heavy atom. The summed E-state index contributed by atoms with van der Waals surface area (Å²) < 4.78 is 38.9. The number of hydrogen-bond acceptors (Lipinski definition) is 8. The Bertz CT molecular complexity index is 1060. The number of sulfonamides is 1. The molecule has 0 saturated carbocycles. The van der Waals surface area contributed by atoms with Crippen LogP contribution in [0.4, 0.5) is 10.5 Å². The lowest BCUT2D eigenvalue weighted by Crippen LogP contribution is -2.50. The first kappa shape index (κ1) is 28.2. The number of ether oxygens (including phenoxy) is 2. The molecule has 1 N–H and O–H groups in total. The zero-order valence-corrected chi connectivity index (χ0v) is 21.2. The lowest BCUT2D eigenvalue weighted by molar-refractivity contribution is -0.384. The highest BCUT2D eigenvalue weighted by Gasteiger charge is 2.33. The summed E-state index contributed by atoms with van der Waals surface area (Å²) >= 11 is 0. The molecule has 0 amide bonds. The van der Waals surface area contributed by atoms with Gasteiger partial charge in [-0.15, -0.1) is 0 Å². The Kier molecular flexibility index (Phi) is 10.6. The number of nitro groups is 1. The summed E-state index contributed by atoms with van der Waals surface area (Å²) in [5.74, 6) is -0.0341. The van der Waals surface area contributed by atoms with Crippen molar-refractivity contribution in [1.29, 1.82) is 0 Å². The van der Waals surface area contributed by atoms with Crippen molar-refractivity contribution in [2.45, 2.75) is 44.2 Å². The lowest BCUT2D eigenvalue weighted by atomic mass is 10.0. The van der Waals surface area contributed by atoms with Gasteiger partial charge < -0.3 is 14.8 Å². The molecule has 35 heavy (non-hydrogen) atoms. The lowest BCUT2D eigenvalue weighted by Gasteiger charge is -2.32. The number of carbonyl (C=O) groups is 1. The van der Waals surface area contributed by atoms with E-state index in [9.17, 15) is 23.3 Å². The molecule has 10 nitrogen and oxygen atoms in total. The van der Waals surface area contributed by atoms with Gasteiger partial charge in [0.05, 0.1) is 23.0 Å². The maximum atomic E-state index is 13.5. The molecule has 0 aliphatic heterocycles. The number of nitro benzene ring substituents is 1. The Balaban J connectivity index is 2.40. The van der Waals surface area contributed by atoms with Crippen LogP contribution in [-0.2, 0) is 25.9 Å². The van der Waals surface area contributed by atoms with Crippen LogP contribution in [0.3, 0.4) is 0 Å². The quantitative estimate of drug-likeness (QED) is 0.247.